The van der Waals surface area contributed by atoms with Crippen LogP contribution >= 0.6 is 23.5 Å². The summed E-state index contributed by atoms with van der Waals surface area (Å²) in [6.07, 6.45) is 1.42. The number of nitrogens with zero attached hydrogens (tertiary/aromatic N) is 4. The molecule has 11 heteroatoms. The minimum absolute atomic E-state index is 0.0584. The highest BCUT2D eigenvalue weighted by Crippen LogP contribution is 2.49. The molecule has 1 aliphatic rings. The van der Waals surface area contributed by atoms with Gasteiger partial charge in [-0.1, -0.05) is 33.3 Å². The van der Waals surface area contributed by atoms with Gasteiger partial charge < -0.3 is 9.05 Å². The van der Waals surface area contributed by atoms with E-state index in [1.54, 1.807) is 38.1 Å². The molecule has 4 rings (SSSR count). The Morgan fingerprint density at radius 3 is 2.39 bits per heavy atom. The van der Waals surface area contributed by atoms with Crippen molar-refractivity contribution in [2.24, 2.45) is 0 Å². The van der Waals surface area contributed by atoms with Crippen LogP contribution in [0.1, 0.15) is 40.3 Å². The second-order valence-electron chi connectivity index (χ2n) is 6.86. The number of amides is 2. The summed E-state index contributed by atoms with van der Waals surface area (Å²) in [6.45, 7) is 3.86. The number of halogens is 1. The zero-order valence-corrected chi connectivity index (χ0v) is 19.4. The maximum Gasteiger partial charge on any atom is 0.351 e. The van der Waals surface area contributed by atoms with Crippen molar-refractivity contribution >= 4 is 46.1 Å². The number of aromatic nitrogens is 3. The SMILES string of the molecule is CCOP(=O)(Cn1cc(CN2C(=O)c3cccc4c(Br)ccc(c34)C2=O)nn1)OCC. The lowest BCUT2D eigenvalue weighted by Gasteiger charge is -2.26. The van der Waals surface area contributed by atoms with Crippen LogP contribution in [0, 0.1) is 0 Å². The number of benzene rings is 2. The molecule has 3 aromatic rings. The summed E-state index contributed by atoms with van der Waals surface area (Å²) < 4.78 is 25.4. The van der Waals surface area contributed by atoms with Crippen LogP contribution in [0.4, 0.5) is 0 Å². The van der Waals surface area contributed by atoms with Gasteiger partial charge in [0, 0.05) is 21.0 Å². The predicted octanol–water partition coefficient (Wildman–Crippen LogP) is 4.21. The van der Waals surface area contributed by atoms with E-state index in [0.717, 1.165) is 14.8 Å². The van der Waals surface area contributed by atoms with Gasteiger partial charge in [0.25, 0.3) is 11.8 Å². The van der Waals surface area contributed by atoms with Gasteiger partial charge in [0.05, 0.1) is 26.0 Å². The maximum atomic E-state index is 13.1. The van der Waals surface area contributed by atoms with Gasteiger partial charge in [-0.15, -0.1) is 5.10 Å². The lowest BCUT2D eigenvalue weighted by molar-refractivity contribution is 0.0596. The van der Waals surface area contributed by atoms with Crippen molar-refractivity contribution in [2.75, 3.05) is 13.2 Å². The van der Waals surface area contributed by atoms with Gasteiger partial charge in [-0.3, -0.25) is 19.1 Å². The first-order valence-electron chi connectivity index (χ1n) is 9.71. The Labute approximate surface area is 187 Å². The first-order valence-corrected chi connectivity index (χ1v) is 12.2. The number of hydrogen-bond acceptors (Lipinski definition) is 7. The smallest absolute Gasteiger partial charge is 0.308 e. The average Bonchev–Trinajstić information content (AvgIpc) is 3.17. The van der Waals surface area contributed by atoms with E-state index >= 15 is 0 Å². The van der Waals surface area contributed by atoms with Crippen molar-refractivity contribution in [1.82, 2.24) is 19.9 Å². The number of hydrogen-bond donors (Lipinski definition) is 0. The lowest BCUT2D eigenvalue weighted by Crippen LogP contribution is -2.39. The largest absolute Gasteiger partial charge is 0.351 e. The molecule has 0 bridgehead atoms. The fourth-order valence-corrected chi connectivity index (χ4v) is 5.57. The first-order chi connectivity index (χ1) is 14.9. The predicted molar refractivity (Wildman–Crippen MR) is 117 cm³/mol. The van der Waals surface area contributed by atoms with Gasteiger partial charge in [0.2, 0.25) is 0 Å². The van der Waals surface area contributed by atoms with Crippen molar-refractivity contribution < 1.29 is 23.2 Å². The molecule has 0 saturated heterocycles. The highest BCUT2D eigenvalue weighted by Gasteiger charge is 2.34. The minimum atomic E-state index is -3.36. The fraction of sp³-hybridized carbons (Fsp3) is 0.300. The van der Waals surface area contributed by atoms with E-state index < -0.39 is 19.4 Å². The molecule has 162 valence electrons. The number of carbonyl (C=O) groups is 2. The Morgan fingerprint density at radius 2 is 1.71 bits per heavy atom. The van der Waals surface area contributed by atoms with Crippen LogP contribution in [0.15, 0.2) is 41.0 Å². The summed E-state index contributed by atoms with van der Waals surface area (Å²) in [5.41, 5.74) is 1.30. The second-order valence-corrected chi connectivity index (χ2v) is 9.73. The van der Waals surface area contributed by atoms with Gasteiger partial charge in [-0.05, 0) is 37.4 Å². The summed E-state index contributed by atoms with van der Waals surface area (Å²) in [7, 11) is -3.36. The Morgan fingerprint density at radius 1 is 1.03 bits per heavy atom. The number of imide groups is 1. The molecule has 0 saturated carbocycles. The summed E-state index contributed by atoms with van der Waals surface area (Å²) in [5, 5.41) is 9.43. The molecule has 1 aliphatic heterocycles. The standard InChI is InChI=1S/C20H20BrN4O5P/c1-3-29-31(28,30-4-2)12-24-10-13(22-23-24)11-25-19(26)15-7-5-6-14-17(21)9-8-16(18(14)15)20(25)27/h5-10H,3-4,11-12H2,1-2H3. The fourth-order valence-electron chi connectivity index (χ4n) is 3.59. The summed E-state index contributed by atoms with van der Waals surface area (Å²) in [5.74, 6) is -0.796. The van der Waals surface area contributed by atoms with Crippen molar-refractivity contribution in [2.45, 2.75) is 26.7 Å². The molecule has 0 spiro atoms. The van der Waals surface area contributed by atoms with E-state index in [1.807, 2.05) is 6.07 Å². The summed E-state index contributed by atoms with van der Waals surface area (Å²) >= 11 is 3.48. The first kappa shape index (κ1) is 21.8. The number of carbonyl (C=O) groups excluding carboxylic acids is 2. The van der Waals surface area contributed by atoms with Gasteiger partial charge >= 0.3 is 7.60 Å². The zero-order valence-electron chi connectivity index (χ0n) is 16.9. The molecule has 1 aromatic heterocycles. The number of rotatable bonds is 8. The monoisotopic (exact) mass is 506 g/mol. The molecule has 0 atom stereocenters. The van der Waals surface area contributed by atoms with Crippen molar-refractivity contribution in [1.29, 1.82) is 0 Å². The third-order valence-corrected chi connectivity index (χ3v) is 7.45. The van der Waals surface area contributed by atoms with Gasteiger partial charge in [0.1, 0.15) is 12.0 Å². The molecule has 2 heterocycles. The molecule has 9 nitrogen and oxygen atoms in total. The lowest BCUT2D eigenvalue weighted by atomic mass is 9.94. The normalized spacial score (nSPS) is 14.0. The highest BCUT2D eigenvalue weighted by molar-refractivity contribution is 9.10. The average molecular weight is 507 g/mol. The van der Waals surface area contributed by atoms with Gasteiger partial charge in [-0.2, -0.15) is 0 Å². The molecule has 2 amide bonds. The molecule has 2 aromatic carbocycles. The Bertz CT molecular complexity index is 1200. The van der Waals surface area contributed by atoms with E-state index in [9.17, 15) is 14.2 Å². The molecule has 0 N–H and O–H groups in total. The van der Waals surface area contributed by atoms with Crippen LogP contribution in [0.25, 0.3) is 10.8 Å². The zero-order chi connectivity index (χ0) is 22.2. The van der Waals surface area contributed by atoms with Crippen LogP contribution in [-0.4, -0.2) is 44.9 Å². The Hall–Kier alpha value is -2.39. The van der Waals surface area contributed by atoms with Gasteiger partial charge in [-0.25, -0.2) is 4.68 Å². The molecule has 0 aliphatic carbocycles. The Kier molecular flexibility index (Phi) is 6.07. The van der Waals surface area contributed by atoms with Crippen LogP contribution in [-0.2, 0) is 26.4 Å². The van der Waals surface area contributed by atoms with E-state index in [0.29, 0.717) is 22.2 Å². The molecule has 0 unspecified atom stereocenters. The van der Waals surface area contributed by atoms with Crippen molar-refractivity contribution in [3.05, 3.63) is 57.8 Å². The molecule has 0 fully saturated rings. The van der Waals surface area contributed by atoms with Crippen LogP contribution < -0.4 is 0 Å². The van der Waals surface area contributed by atoms with E-state index in [-0.39, 0.29) is 26.0 Å². The Balaban J connectivity index is 1.60. The third kappa shape index (κ3) is 4.08. The van der Waals surface area contributed by atoms with Crippen molar-refractivity contribution in [3.63, 3.8) is 0 Å². The highest BCUT2D eigenvalue weighted by atomic mass is 79.9. The summed E-state index contributed by atoms with van der Waals surface area (Å²) in [4.78, 5) is 27.3. The molecule has 0 radical (unpaired) electrons. The molecular formula is C20H20BrN4O5P. The van der Waals surface area contributed by atoms with E-state index in [4.69, 9.17) is 9.05 Å². The minimum Gasteiger partial charge on any atom is -0.308 e. The topological polar surface area (TPSA) is 104 Å². The van der Waals surface area contributed by atoms with Crippen LogP contribution in [0.3, 0.4) is 0 Å². The quantitative estimate of drug-likeness (QED) is 0.332. The van der Waals surface area contributed by atoms with Crippen molar-refractivity contribution in [3.8, 4) is 0 Å². The van der Waals surface area contributed by atoms with Crippen LogP contribution in [0.2, 0.25) is 0 Å². The van der Waals surface area contributed by atoms with E-state index in [1.165, 1.54) is 10.9 Å². The van der Waals surface area contributed by atoms with E-state index in [2.05, 4.69) is 26.2 Å². The molecular weight excluding hydrogens is 487 g/mol. The van der Waals surface area contributed by atoms with Crippen LogP contribution in [0.5, 0.6) is 0 Å². The third-order valence-electron chi connectivity index (χ3n) is 4.81. The molecule has 31 heavy (non-hydrogen) atoms. The maximum absolute atomic E-state index is 13.1. The second kappa shape index (κ2) is 8.63. The summed E-state index contributed by atoms with van der Waals surface area (Å²) in [6, 6.07) is 8.85. The van der Waals surface area contributed by atoms with Gasteiger partial charge in [0.15, 0.2) is 0 Å².